The van der Waals surface area contributed by atoms with E-state index in [1.807, 2.05) is 38.1 Å². The van der Waals surface area contributed by atoms with Gasteiger partial charge in [-0.05, 0) is 67.6 Å². The molecule has 0 saturated heterocycles. The van der Waals surface area contributed by atoms with Crippen LogP contribution in [0.15, 0.2) is 36.4 Å². The van der Waals surface area contributed by atoms with Crippen LogP contribution >= 0.6 is 0 Å². The van der Waals surface area contributed by atoms with Crippen molar-refractivity contribution in [3.63, 3.8) is 0 Å². The molecule has 7 heteroatoms. The van der Waals surface area contributed by atoms with Crippen LogP contribution in [0.5, 0.6) is 11.5 Å². The first-order valence-electron chi connectivity index (χ1n) is 11.2. The zero-order chi connectivity index (χ0) is 23.3. The molecule has 1 heterocycles. The van der Waals surface area contributed by atoms with Gasteiger partial charge in [-0.3, -0.25) is 4.90 Å². The number of carbonyl (C=O) groups is 1. The summed E-state index contributed by atoms with van der Waals surface area (Å²) in [7, 11) is 3.27. The average Bonchev–Trinajstić information content (AvgIpc) is 2.77. The van der Waals surface area contributed by atoms with Gasteiger partial charge in [0.25, 0.3) is 0 Å². The summed E-state index contributed by atoms with van der Waals surface area (Å²) in [5, 5.41) is 6.10. The highest BCUT2D eigenvalue weighted by Gasteiger charge is 2.35. The molecule has 174 valence electrons. The van der Waals surface area contributed by atoms with Gasteiger partial charge < -0.3 is 20.1 Å². The first kappa shape index (κ1) is 23.9. The van der Waals surface area contributed by atoms with Crippen molar-refractivity contribution in [1.82, 2.24) is 15.5 Å². The summed E-state index contributed by atoms with van der Waals surface area (Å²) in [6.07, 6.45) is 1.60. The highest BCUT2D eigenvalue weighted by Crippen LogP contribution is 2.40. The largest absolute Gasteiger partial charge is 0.493 e. The van der Waals surface area contributed by atoms with Gasteiger partial charge in [-0.1, -0.05) is 19.1 Å². The lowest BCUT2D eigenvalue weighted by atomic mass is 9.86. The van der Waals surface area contributed by atoms with Gasteiger partial charge in [0.15, 0.2) is 11.5 Å². The molecule has 0 aromatic heterocycles. The highest BCUT2D eigenvalue weighted by molar-refractivity contribution is 5.74. The quantitative estimate of drug-likeness (QED) is 0.634. The third-order valence-corrected chi connectivity index (χ3v) is 5.88. The maximum absolute atomic E-state index is 13.4. The number of methoxy groups -OCH3 is 2. The highest BCUT2D eigenvalue weighted by atomic mass is 19.1. The number of amides is 2. The Bertz CT molecular complexity index is 917. The second kappa shape index (κ2) is 10.7. The second-order valence-electron chi connectivity index (χ2n) is 8.49. The summed E-state index contributed by atoms with van der Waals surface area (Å²) in [5.74, 6) is 1.13. The number of hydrogen-bond acceptors (Lipinski definition) is 4. The predicted molar refractivity (Wildman–Crippen MR) is 124 cm³/mol. The van der Waals surface area contributed by atoms with Crippen molar-refractivity contribution in [2.45, 2.75) is 58.3 Å². The van der Waals surface area contributed by atoms with Crippen LogP contribution in [0.4, 0.5) is 9.18 Å². The molecule has 0 fully saturated rings. The zero-order valence-electron chi connectivity index (χ0n) is 19.6. The van der Waals surface area contributed by atoms with Gasteiger partial charge in [0.05, 0.1) is 26.3 Å². The van der Waals surface area contributed by atoms with Crippen LogP contribution in [0.3, 0.4) is 0 Å². The Hall–Kier alpha value is -2.80. The Kier molecular flexibility index (Phi) is 7.96. The maximum atomic E-state index is 13.4. The minimum absolute atomic E-state index is 0.0471. The van der Waals surface area contributed by atoms with Crippen LogP contribution in [0.1, 0.15) is 49.9 Å². The molecule has 2 aromatic carbocycles. The Morgan fingerprint density at radius 3 is 2.38 bits per heavy atom. The Morgan fingerprint density at radius 1 is 1.12 bits per heavy atom. The van der Waals surface area contributed by atoms with E-state index in [1.165, 1.54) is 17.7 Å². The third-order valence-electron chi connectivity index (χ3n) is 5.88. The molecule has 0 radical (unpaired) electrons. The number of nitrogens with one attached hydrogen (secondary N) is 2. The lowest BCUT2D eigenvalue weighted by Gasteiger charge is -2.42. The number of ether oxygens (including phenoxy) is 2. The number of rotatable bonds is 8. The van der Waals surface area contributed by atoms with Gasteiger partial charge in [0, 0.05) is 19.1 Å². The van der Waals surface area contributed by atoms with Gasteiger partial charge in [-0.25, -0.2) is 9.18 Å². The number of hydrogen-bond donors (Lipinski definition) is 2. The molecule has 3 rings (SSSR count). The van der Waals surface area contributed by atoms with E-state index in [9.17, 15) is 9.18 Å². The monoisotopic (exact) mass is 443 g/mol. The number of benzene rings is 2. The van der Waals surface area contributed by atoms with E-state index in [0.717, 1.165) is 30.5 Å². The average molecular weight is 444 g/mol. The van der Waals surface area contributed by atoms with Crippen molar-refractivity contribution in [2.24, 2.45) is 0 Å². The summed E-state index contributed by atoms with van der Waals surface area (Å²) >= 11 is 0. The van der Waals surface area contributed by atoms with E-state index < -0.39 is 0 Å². The molecule has 2 aromatic rings. The van der Waals surface area contributed by atoms with Gasteiger partial charge in [-0.15, -0.1) is 0 Å². The van der Waals surface area contributed by atoms with Crippen LogP contribution in [-0.2, 0) is 13.0 Å². The normalized spacial score (nSPS) is 16.9. The van der Waals surface area contributed by atoms with Crippen LogP contribution in [0, 0.1) is 5.82 Å². The minimum Gasteiger partial charge on any atom is -0.493 e. The zero-order valence-corrected chi connectivity index (χ0v) is 19.6. The van der Waals surface area contributed by atoms with Crippen molar-refractivity contribution < 1.29 is 18.7 Å². The fourth-order valence-electron chi connectivity index (χ4n) is 4.38. The Labute approximate surface area is 190 Å². The summed E-state index contributed by atoms with van der Waals surface area (Å²) in [6.45, 7) is 7.42. The van der Waals surface area contributed by atoms with Gasteiger partial charge in [0.1, 0.15) is 5.82 Å². The number of nitrogens with zero attached hydrogens (tertiary/aromatic N) is 1. The van der Waals surface area contributed by atoms with Gasteiger partial charge in [-0.2, -0.15) is 0 Å². The van der Waals surface area contributed by atoms with E-state index in [-0.39, 0.29) is 30.0 Å². The molecular formula is C25H34FN3O3. The first-order chi connectivity index (χ1) is 15.4. The summed E-state index contributed by atoms with van der Waals surface area (Å²) in [5.41, 5.74) is 3.34. The molecular weight excluding hydrogens is 409 g/mol. The second-order valence-corrected chi connectivity index (χ2v) is 8.49. The van der Waals surface area contributed by atoms with Gasteiger partial charge >= 0.3 is 6.03 Å². The molecule has 1 aliphatic rings. The maximum Gasteiger partial charge on any atom is 0.315 e. The number of carbonyl (C=O) groups excluding carboxylic acids is 1. The molecule has 2 N–H and O–H groups in total. The van der Waals surface area contributed by atoms with Crippen molar-refractivity contribution in [1.29, 1.82) is 0 Å². The van der Waals surface area contributed by atoms with Crippen LogP contribution in [-0.4, -0.2) is 43.8 Å². The van der Waals surface area contributed by atoms with Crippen molar-refractivity contribution in [3.05, 3.63) is 58.9 Å². The fourth-order valence-corrected chi connectivity index (χ4v) is 4.38. The molecule has 1 aliphatic heterocycles. The lowest BCUT2D eigenvalue weighted by Crippen LogP contribution is -2.51. The van der Waals surface area contributed by atoms with E-state index in [4.69, 9.17) is 9.47 Å². The molecule has 6 nitrogen and oxygen atoms in total. The molecule has 2 atom stereocenters. The number of halogens is 1. The van der Waals surface area contributed by atoms with Crippen molar-refractivity contribution in [2.75, 3.05) is 20.8 Å². The Balaban J connectivity index is 1.99. The molecule has 0 spiro atoms. The molecule has 2 amide bonds. The fraction of sp³-hybridized carbons (Fsp3) is 0.480. The molecule has 2 unspecified atom stereocenters. The SMILES string of the molecule is CCC(NC(=O)NC(C)C)C1c2cc(OC)c(OC)cc2CCN1Cc1ccc(F)cc1. The smallest absolute Gasteiger partial charge is 0.315 e. The van der Waals surface area contributed by atoms with Gasteiger partial charge in [0.2, 0.25) is 0 Å². The lowest BCUT2D eigenvalue weighted by molar-refractivity contribution is 0.135. The third kappa shape index (κ3) is 5.51. The summed E-state index contributed by atoms with van der Waals surface area (Å²) in [4.78, 5) is 14.9. The predicted octanol–water partition coefficient (Wildman–Crippen LogP) is 4.43. The summed E-state index contributed by atoms with van der Waals surface area (Å²) < 4.78 is 24.5. The van der Waals surface area contributed by atoms with E-state index >= 15 is 0 Å². The molecule has 32 heavy (non-hydrogen) atoms. The van der Waals surface area contributed by atoms with E-state index in [1.54, 1.807) is 14.2 Å². The van der Waals surface area contributed by atoms with Crippen LogP contribution in [0.25, 0.3) is 0 Å². The molecule has 0 aliphatic carbocycles. The topological polar surface area (TPSA) is 62.8 Å². The van der Waals surface area contributed by atoms with E-state index in [0.29, 0.717) is 18.0 Å². The molecule has 0 bridgehead atoms. The van der Waals surface area contributed by atoms with E-state index in [2.05, 4.69) is 22.5 Å². The van der Waals surface area contributed by atoms with Crippen LogP contribution in [0.2, 0.25) is 0 Å². The Morgan fingerprint density at radius 2 is 1.78 bits per heavy atom. The van der Waals surface area contributed by atoms with Crippen molar-refractivity contribution in [3.8, 4) is 11.5 Å². The first-order valence-corrected chi connectivity index (χ1v) is 11.2. The number of fused-ring (bicyclic) bond motifs is 1. The molecule has 0 saturated carbocycles. The van der Waals surface area contributed by atoms with Crippen molar-refractivity contribution >= 4 is 6.03 Å². The summed E-state index contributed by atoms with van der Waals surface area (Å²) in [6, 6.07) is 10.4. The standard InChI is InChI=1S/C25H34FN3O3/c1-6-21(28-25(30)27-16(2)3)24-20-14-23(32-5)22(31-4)13-18(20)11-12-29(24)15-17-7-9-19(26)10-8-17/h7-10,13-14,16,21,24H,6,11-12,15H2,1-5H3,(H2,27,28,30). The number of urea groups is 1. The minimum atomic E-state index is -0.246. The van der Waals surface area contributed by atoms with Crippen LogP contribution < -0.4 is 20.1 Å².